The van der Waals surface area contributed by atoms with Gasteiger partial charge in [0.15, 0.2) is 5.13 Å². The Bertz CT molecular complexity index is 1310. The zero-order valence-electron chi connectivity index (χ0n) is 18.5. The van der Waals surface area contributed by atoms with Crippen LogP contribution in [0.15, 0.2) is 60.7 Å². The van der Waals surface area contributed by atoms with Gasteiger partial charge in [-0.25, -0.2) is 9.97 Å². The molecular formula is C25H24N4O3S. The molecule has 4 aromatic rings. The summed E-state index contributed by atoms with van der Waals surface area (Å²) < 4.78 is 0. The number of hydrogen-bond acceptors (Lipinski definition) is 6. The summed E-state index contributed by atoms with van der Waals surface area (Å²) in [5.41, 5.74) is 4.02. The third-order valence-electron chi connectivity index (χ3n) is 5.47. The summed E-state index contributed by atoms with van der Waals surface area (Å²) in [4.78, 5) is 34.2. The summed E-state index contributed by atoms with van der Waals surface area (Å²) in [6.45, 7) is 3.92. The maximum Gasteiger partial charge on any atom is 0.257 e. The lowest BCUT2D eigenvalue weighted by Crippen LogP contribution is -2.22. The molecule has 33 heavy (non-hydrogen) atoms. The van der Waals surface area contributed by atoms with Crippen molar-refractivity contribution in [3.05, 3.63) is 77.4 Å². The number of carbonyl (C=O) groups excluding carboxylic acids is 2. The summed E-state index contributed by atoms with van der Waals surface area (Å²) in [5, 5.41) is 15.4. The molecule has 0 fully saturated rings. The molecule has 0 aliphatic rings. The number of aliphatic hydroxyl groups is 1. The number of aliphatic hydroxyl groups excluding tert-OH is 1. The van der Waals surface area contributed by atoms with Crippen molar-refractivity contribution in [2.24, 2.45) is 0 Å². The third kappa shape index (κ3) is 4.76. The van der Waals surface area contributed by atoms with Crippen LogP contribution in [0.3, 0.4) is 0 Å². The summed E-state index contributed by atoms with van der Waals surface area (Å²) in [5.74, 6) is -0.396. The molecule has 168 valence electrons. The maximum absolute atomic E-state index is 12.7. The molecule has 0 saturated heterocycles. The number of thiazole rings is 1. The standard InChI is InChI=1S/C25H24N4O3S/c1-25(2,14-30)18-10-8-17(9-11-18)22(32)29-24-28-20-13-12-19(27-23(20)33-24)15-4-6-16(7-5-15)21(31)26-3/h4-13,30H,14H2,1-3H3,(H,26,31)(H,28,29,32). The van der Waals surface area contributed by atoms with Crippen LogP contribution in [0.4, 0.5) is 5.13 Å². The van der Waals surface area contributed by atoms with E-state index in [4.69, 9.17) is 0 Å². The topological polar surface area (TPSA) is 104 Å². The number of anilines is 1. The van der Waals surface area contributed by atoms with Gasteiger partial charge in [-0.1, -0.05) is 49.4 Å². The summed E-state index contributed by atoms with van der Waals surface area (Å²) in [6, 6.07) is 18.1. The molecule has 3 N–H and O–H groups in total. The van der Waals surface area contributed by atoms with E-state index in [1.54, 1.807) is 31.3 Å². The molecule has 0 aliphatic carbocycles. The molecule has 2 heterocycles. The monoisotopic (exact) mass is 460 g/mol. The SMILES string of the molecule is CNC(=O)c1ccc(-c2ccc3nc(NC(=O)c4ccc(C(C)(C)CO)cc4)sc3n2)cc1. The molecule has 7 nitrogen and oxygen atoms in total. The number of fused-ring (bicyclic) bond motifs is 1. The molecule has 2 amide bonds. The molecule has 8 heteroatoms. The molecule has 0 radical (unpaired) electrons. The van der Waals surface area contributed by atoms with Crippen LogP contribution in [-0.2, 0) is 5.41 Å². The van der Waals surface area contributed by atoms with E-state index >= 15 is 0 Å². The van der Waals surface area contributed by atoms with E-state index in [-0.39, 0.29) is 23.8 Å². The second-order valence-corrected chi connectivity index (χ2v) is 9.25. The predicted octanol–water partition coefficient (Wildman–Crippen LogP) is 4.24. The Balaban J connectivity index is 1.51. The molecule has 0 spiro atoms. The van der Waals surface area contributed by atoms with Crippen LogP contribution < -0.4 is 10.6 Å². The van der Waals surface area contributed by atoms with Crippen LogP contribution in [0.25, 0.3) is 21.6 Å². The van der Waals surface area contributed by atoms with Crippen LogP contribution in [0.2, 0.25) is 0 Å². The van der Waals surface area contributed by atoms with Gasteiger partial charge in [-0.15, -0.1) is 0 Å². The largest absolute Gasteiger partial charge is 0.395 e. The van der Waals surface area contributed by atoms with Gasteiger partial charge in [-0.2, -0.15) is 0 Å². The molecular weight excluding hydrogens is 436 g/mol. The summed E-state index contributed by atoms with van der Waals surface area (Å²) in [6.07, 6.45) is 0. The fraction of sp³-hybridized carbons (Fsp3) is 0.200. The van der Waals surface area contributed by atoms with Crippen molar-refractivity contribution in [2.45, 2.75) is 19.3 Å². The number of rotatable bonds is 6. The van der Waals surface area contributed by atoms with E-state index in [1.807, 2.05) is 50.2 Å². The minimum absolute atomic E-state index is 0.0252. The van der Waals surface area contributed by atoms with Crippen molar-refractivity contribution in [3.63, 3.8) is 0 Å². The fourth-order valence-electron chi connectivity index (χ4n) is 3.30. The van der Waals surface area contributed by atoms with Crippen LogP contribution in [0, 0.1) is 0 Å². The van der Waals surface area contributed by atoms with E-state index in [1.165, 1.54) is 11.3 Å². The quantitative estimate of drug-likeness (QED) is 0.399. The van der Waals surface area contributed by atoms with Crippen molar-refractivity contribution in [2.75, 3.05) is 19.0 Å². The van der Waals surface area contributed by atoms with Gasteiger partial charge >= 0.3 is 0 Å². The number of amides is 2. The van der Waals surface area contributed by atoms with Gasteiger partial charge in [0.25, 0.3) is 11.8 Å². The first-order chi connectivity index (χ1) is 15.8. The van der Waals surface area contributed by atoms with E-state index in [2.05, 4.69) is 20.6 Å². The number of nitrogens with one attached hydrogen (secondary N) is 2. The zero-order valence-corrected chi connectivity index (χ0v) is 19.4. The zero-order chi connectivity index (χ0) is 23.6. The Hall–Kier alpha value is -3.62. The van der Waals surface area contributed by atoms with Crippen molar-refractivity contribution in [1.29, 1.82) is 0 Å². The van der Waals surface area contributed by atoms with Gasteiger partial charge in [0, 0.05) is 29.2 Å². The highest BCUT2D eigenvalue weighted by Gasteiger charge is 2.20. The molecule has 0 saturated carbocycles. The van der Waals surface area contributed by atoms with Crippen molar-refractivity contribution >= 4 is 38.6 Å². The lowest BCUT2D eigenvalue weighted by atomic mass is 9.85. The normalized spacial score (nSPS) is 11.4. The van der Waals surface area contributed by atoms with Crippen molar-refractivity contribution in [1.82, 2.24) is 15.3 Å². The van der Waals surface area contributed by atoms with E-state index in [0.29, 0.717) is 26.6 Å². The molecule has 4 rings (SSSR count). The first-order valence-electron chi connectivity index (χ1n) is 10.4. The number of pyridine rings is 1. The van der Waals surface area contributed by atoms with Gasteiger partial charge in [0.05, 0.1) is 12.3 Å². The molecule has 0 atom stereocenters. The molecule has 2 aromatic carbocycles. The number of carbonyl (C=O) groups is 2. The average molecular weight is 461 g/mol. The highest BCUT2D eigenvalue weighted by Crippen LogP contribution is 2.28. The Morgan fingerprint density at radius 3 is 2.18 bits per heavy atom. The van der Waals surface area contributed by atoms with Crippen LogP contribution in [-0.4, -0.2) is 40.5 Å². The summed E-state index contributed by atoms with van der Waals surface area (Å²) in [7, 11) is 1.60. The minimum atomic E-state index is -0.367. The molecule has 0 aliphatic heterocycles. The molecule has 0 bridgehead atoms. The minimum Gasteiger partial charge on any atom is -0.395 e. The first kappa shape index (κ1) is 22.6. The highest BCUT2D eigenvalue weighted by molar-refractivity contribution is 7.22. The van der Waals surface area contributed by atoms with Crippen LogP contribution in [0.5, 0.6) is 0 Å². The smallest absolute Gasteiger partial charge is 0.257 e. The van der Waals surface area contributed by atoms with Gasteiger partial charge in [0.1, 0.15) is 10.3 Å². The van der Waals surface area contributed by atoms with Gasteiger partial charge in [-0.05, 0) is 42.0 Å². The van der Waals surface area contributed by atoms with Crippen molar-refractivity contribution < 1.29 is 14.7 Å². The van der Waals surface area contributed by atoms with Gasteiger partial charge in [0.2, 0.25) is 0 Å². The van der Waals surface area contributed by atoms with E-state index in [0.717, 1.165) is 16.8 Å². The van der Waals surface area contributed by atoms with E-state index < -0.39 is 0 Å². The number of aromatic nitrogens is 2. The predicted molar refractivity (Wildman–Crippen MR) is 131 cm³/mol. The van der Waals surface area contributed by atoms with Crippen molar-refractivity contribution in [3.8, 4) is 11.3 Å². The maximum atomic E-state index is 12.7. The second kappa shape index (κ2) is 9.09. The van der Waals surface area contributed by atoms with Gasteiger partial charge < -0.3 is 10.4 Å². The number of hydrogen-bond donors (Lipinski definition) is 3. The first-order valence-corrected chi connectivity index (χ1v) is 11.3. The Morgan fingerprint density at radius 2 is 1.55 bits per heavy atom. The summed E-state index contributed by atoms with van der Waals surface area (Å²) >= 11 is 1.30. The fourth-order valence-corrected chi connectivity index (χ4v) is 4.13. The lowest BCUT2D eigenvalue weighted by molar-refractivity contribution is 0.0962. The Labute approximate surface area is 195 Å². The third-order valence-corrected chi connectivity index (χ3v) is 6.35. The van der Waals surface area contributed by atoms with Gasteiger partial charge in [-0.3, -0.25) is 14.9 Å². The van der Waals surface area contributed by atoms with E-state index in [9.17, 15) is 14.7 Å². The Kier molecular flexibility index (Phi) is 6.22. The second-order valence-electron chi connectivity index (χ2n) is 8.27. The number of benzene rings is 2. The van der Waals surface area contributed by atoms with Crippen LogP contribution >= 0.6 is 11.3 Å². The molecule has 0 unspecified atom stereocenters. The molecule has 2 aromatic heterocycles. The Morgan fingerprint density at radius 1 is 0.909 bits per heavy atom. The lowest BCUT2D eigenvalue weighted by Gasteiger charge is -2.22. The average Bonchev–Trinajstić information content (AvgIpc) is 3.25. The van der Waals surface area contributed by atoms with Crippen LogP contribution in [0.1, 0.15) is 40.1 Å². The highest BCUT2D eigenvalue weighted by atomic mass is 32.1. The number of nitrogens with zero attached hydrogens (tertiary/aromatic N) is 2.